The summed E-state index contributed by atoms with van der Waals surface area (Å²) in [5.41, 5.74) is 0.924. The first-order valence-electron chi connectivity index (χ1n) is 10.3. The number of ether oxygens (including phenoxy) is 1. The summed E-state index contributed by atoms with van der Waals surface area (Å²) < 4.78 is 36.2. The van der Waals surface area contributed by atoms with E-state index >= 15 is 0 Å². The van der Waals surface area contributed by atoms with Crippen LogP contribution in [-0.4, -0.2) is 43.4 Å². The molecular weight excluding hydrogens is 526 g/mol. The molecule has 0 saturated carbocycles. The molecule has 1 aliphatic rings. The van der Waals surface area contributed by atoms with E-state index < -0.39 is 10.0 Å². The van der Waals surface area contributed by atoms with Crippen molar-refractivity contribution in [2.24, 2.45) is 10.9 Å². The molecule has 1 aromatic heterocycles. The molecule has 10 heteroatoms. The van der Waals surface area contributed by atoms with E-state index in [9.17, 15) is 13.2 Å². The summed E-state index contributed by atoms with van der Waals surface area (Å²) in [5.74, 6) is 2.64. The number of carbonyl (C=O) groups excluding carboxylic acids is 1. The standard InChI is InChI=1S/C23H22BrN3O4S2/c1-3-12-27-20-9-4-17(24)15-21(20)32-23(27)25-22(28)16-10-13-26(14-11-16)33(29,30)19-7-5-18(31-2)6-8-19/h1,4-9,15-16H,10-14H2,2H3. The molecule has 3 aromatic rings. The molecule has 1 fully saturated rings. The van der Waals surface area contributed by atoms with Crippen LogP contribution in [0, 0.1) is 18.3 Å². The van der Waals surface area contributed by atoms with Gasteiger partial charge in [-0.05, 0) is 55.3 Å². The SMILES string of the molecule is C#CCn1c(=NC(=O)C2CCN(S(=O)(=O)c3ccc(OC)cc3)CC2)sc2cc(Br)ccc21. The highest BCUT2D eigenvalue weighted by molar-refractivity contribution is 9.10. The molecule has 7 nitrogen and oxygen atoms in total. The molecule has 0 radical (unpaired) electrons. The summed E-state index contributed by atoms with van der Waals surface area (Å²) in [7, 11) is -2.09. The largest absolute Gasteiger partial charge is 0.497 e. The summed E-state index contributed by atoms with van der Waals surface area (Å²) in [6.07, 6.45) is 6.37. The summed E-state index contributed by atoms with van der Waals surface area (Å²) in [4.78, 5) is 18.1. The minimum Gasteiger partial charge on any atom is -0.497 e. The van der Waals surface area contributed by atoms with Crippen molar-refractivity contribution >= 4 is 53.4 Å². The van der Waals surface area contributed by atoms with Crippen LogP contribution >= 0.6 is 27.3 Å². The van der Waals surface area contributed by atoms with Crippen molar-refractivity contribution < 1.29 is 17.9 Å². The van der Waals surface area contributed by atoms with E-state index in [1.54, 1.807) is 12.1 Å². The third-order valence-electron chi connectivity index (χ3n) is 5.60. The molecule has 0 spiro atoms. The lowest BCUT2D eigenvalue weighted by Crippen LogP contribution is -2.40. The van der Waals surface area contributed by atoms with E-state index in [1.807, 2.05) is 22.8 Å². The number of halogens is 1. The second-order valence-electron chi connectivity index (χ2n) is 7.59. The molecule has 0 aliphatic carbocycles. The van der Waals surface area contributed by atoms with Crippen LogP contribution in [0.1, 0.15) is 12.8 Å². The second kappa shape index (κ2) is 9.81. The van der Waals surface area contributed by atoms with Gasteiger partial charge in [0.2, 0.25) is 10.0 Å². The maximum atomic E-state index is 13.0. The average Bonchev–Trinajstić information content (AvgIpc) is 3.15. The molecule has 33 heavy (non-hydrogen) atoms. The van der Waals surface area contributed by atoms with Gasteiger partial charge in [-0.25, -0.2) is 8.42 Å². The van der Waals surface area contributed by atoms with Crippen LogP contribution in [0.5, 0.6) is 5.75 Å². The Kier molecular flexibility index (Phi) is 7.05. The summed E-state index contributed by atoms with van der Waals surface area (Å²) in [6, 6.07) is 12.1. The molecule has 0 N–H and O–H groups in total. The first kappa shape index (κ1) is 23.7. The third-order valence-corrected chi connectivity index (χ3v) is 9.05. The van der Waals surface area contributed by atoms with Crippen LogP contribution in [0.4, 0.5) is 0 Å². The molecule has 1 amide bonds. The normalized spacial score (nSPS) is 16.1. The molecular formula is C23H22BrN3O4S2. The van der Waals surface area contributed by atoms with E-state index in [0.717, 1.165) is 14.7 Å². The summed E-state index contributed by atoms with van der Waals surface area (Å²) in [6.45, 7) is 0.848. The number of carbonyl (C=O) groups is 1. The lowest BCUT2D eigenvalue weighted by atomic mass is 9.98. The van der Waals surface area contributed by atoms with Crippen molar-refractivity contribution in [1.82, 2.24) is 8.87 Å². The van der Waals surface area contributed by atoms with E-state index in [2.05, 4.69) is 26.8 Å². The van der Waals surface area contributed by atoms with Gasteiger partial charge in [0.05, 0.1) is 28.8 Å². The molecule has 172 valence electrons. The number of terminal acetylenes is 1. The third kappa shape index (κ3) is 4.92. The minimum atomic E-state index is -3.62. The van der Waals surface area contributed by atoms with Gasteiger partial charge < -0.3 is 9.30 Å². The number of fused-ring (bicyclic) bond motifs is 1. The monoisotopic (exact) mass is 547 g/mol. The van der Waals surface area contributed by atoms with Crippen molar-refractivity contribution in [2.45, 2.75) is 24.3 Å². The van der Waals surface area contributed by atoms with Crippen molar-refractivity contribution in [3.8, 4) is 18.1 Å². The van der Waals surface area contributed by atoms with E-state index in [4.69, 9.17) is 11.2 Å². The highest BCUT2D eigenvalue weighted by atomic mass is 79.9. The number of nitrogens with zero attached hydrogens (tertiary/aromatic N) is 3. The van der Waals surface area contributed by atoms with Gasteiger partial charge in [0, 0.05) is 23.5 Å². The average molecular weight is 548 g/mol. The Hall–Kier alpha value is -2.45. The number of aromatic nitrogens is 1. The highest BCUT2D eigenvalue weighted by Crippen LogP contribution is 2.26. The predicted octanol–water partition coefficient (Wildman–Crippen LogP) is 3.64. The molecule has 4 rings (SSSR count). The van der Waals surface area contributed by atoms with Gasteiger partial charge in [0.1, 0.15) is 5.75 Å². The Bertz CT molecular complexity index is 1390. The zero-order chi connectivity index (χ0) is 23.6. The van der Waals surface area contributed by atoms with E-state index in [-0.39, 0.29) is 29.8 Å². The Morgan fingerprint density at radius 2 is 1.94 bits per heavy atom. The summed E-state index contributed by atoms with van der Waals surface area (Å²) >= 11 is 4.87. The lowest BCUT2D eigenvalue weighted by Gasteiger charge is -2.29. The van der Waals surface area contributed by atoms with Crippen molar-refractivity contribution in [3.05, 3.63) is 51.7 Å². The second-order valence-corrected chi connectivity index (χ2v) is 11.5. The molecule has 2 aromatic carbocycles. The van der Waals surface area contributed by atoms with Gasteiger partial charge in [-0.15, -0.1) is 6.42 Å². The van der Waals surface area contributed by atoms with Gasteiger partial charge in [0.25, 0.3) is 5.91 Å². The van der Waals surface area contributed by atoms with E-state index in [1.165, 1.54) is 34.9 Å². The van der Waals surface area contributed by atoms with Crippen LogP contribution in [-0.2, 0) is 21.4 Å². The van der Waals surface area contributed by atoms with Gasteiger partial charge in [-0.2, -0.15) is 9.30 Å². The first-order chi connectivity index (χ1) is 15.8. The number of amides is 1. The number of methoxy groups -OCH3 is 1. The van der Waals surface area contributed by atoms with Gasteiger partial charge in [0.15, 0.2) is 4.80 Å². The Labute approximate surface area is 204 Å². The van der Waals surface area contributed by atoms with Crippen LogP contribution in [0.25, 0.3) is 10.2 Å². The first-order valence-corrected chi connectivity index (χ1v) is 13.3. The van der Waals surface area contributed by atoms with Crippen LogP contribution in [0.2, 0.25) is 0 Å². The topological polar surface area (TPSA) is 81.0 Å². The fourth-order valence-electron chi connectivity index (χ4n) is 3.80. The number of hydrogen-bond acceptors (Lipinski definition) is 5. The Morgan fingerprint density at radius 3 is 2.58 bits per heavy atom. The molecule has 1 aliphatic heterocycles. The maximum Gasteiger partial charge on any atom is 0.251 e. The number of benzene rings is 2. The lowest BCUT2D eigenvalue weighted by molar-refractivity contribution is -0.122. The van der Waals surface area contributed by atoms with Gasteiger partial charge in [-0.1, -0.05) is 33.2 Å². The number of piperidine rings is 1. The van der Waals surface area contributed by atoms with Gasteiger partial charge in [-0.3, -0.25) is 4.79 Å². The van der Waals surface area contributed by atoms with Crippen molar-refractivity contribution in [3.63, 3.8) is 0 Å². The van der Waals surface area contributed by atoms with Crippen molar-refractivity contribution in [2.75, 3.05) is 20.2 Å². The Balaban J connectivity index is 1.51. The van der Waals surface area contributed by atoms with E-state index in [0.29, 0.717) is 29.9 Å². The fraction of sp³-hybridized carbons (Fsp3) is 0.304. The zero-order valence-corrected chi connectivity index (χ0v) is 21.1. The molecule has 0 bridgehead atoms. The predicted molar refractivity (Wildman–Crippen MR) is 131 cm³/mol. The molecule has 2 heterocycles. The quantitative estimate of drug-likeness (QED) is 0.456. The maximum absolute atomic E-state index is 13.0. The van der Waals surface area contributed by atoms with Crippen LogP contribution in [0.15, 0.2) is 56.8 Å². The van der Waals surface area contributed by atoms with Crippen LogP contribution in [0.3, 0.4) is 0 Å². The smallest absolute Gasteiger partial charge is 0.251 e. The van der Waals surface area contributed by atoms with Crippen LogP contribution < -0.4 is 9.54 Å². The number of sulfonamides is 1. The number of thiazole rings is 1. The van der Waals surface area contributed by atoms with Crippen molar-refractivity contribution in [1.29, 1.82) is 0 Å². The molecule has 0 unspecified atom stereocenters. The fourth-order valence-corrected chi connectivity index (χ4v) is 6.86. The summed E-state index contributed by atoms with van der Waals surface area (Å²) in [5, 5.41) is 0. The highest BCUT2D eigenvalue weighted by Gasteiger charge is 2.32. The Morgan fingerprint density at radius 1 is 1.24 bits per heavy atom. The number of hydrogen-bond donors (Lipinski definition) is 0. The van der Waals surface area contributed by atoms with Gasteiger partial charge >= 0.3 is 0 Å². The molecule has 1 saturated heterocycles. The zero-order valence-electron chi connectivity index (χ0n) is 17.9. The molecule has 0 atom stereocenters. The number of rotatable bonds is 5. The minimum absolute atomic E-state index is 0.213.